The van der Waals surface area contributed by atoms with E-state index in [0.717, 1.165) is 28.3 Å². The van der Waals surface area contributed by atoms with Crippen molar-refractivity contribution in [1.82, 2.24) is 9.55 Å². The molecule has 146 valence electrons. The van der Waals surface area contributed by atoms with E-state index in [1.807, 2.05) is 90.4 Å². The van der Waals surface area contributed by atoms with Crippen molar-refractivity contribution >= 4 is 22.6 Å². The zero-order chi connectivity index (χ0) is 20.2. The van der Waals surface area contributed by atoms with Crippen LogP contribution in [-0.4, -0.2) is 22.5 Å². The number of likely N-dealkylation sites (N-methyl/N-ethyl adjacent to an activating group) is 1. The number of ether oxygens (including phenoxy) is 1. The number of amides is 1. The zero-order valence-corrected chi connectivity index (χ0v) is 16.6. The first-order valence-corrected chi connectivity index (χ1v) is 9.57. The van der Waals surface area contributed by atoms with Crippen molar-refractivity contribution in [1.29, 1.82) is 0 Å². The molecule has 29 heavy (non-hydrogen) atoms. The van der Waals surface area contributed by atoms with Gasteiger partial charge in [-0.05, 0) is 43.3 Å². The number of rotatable bonds is 6. The second kappa shape index (κ2) is 8.19. The molecule has 0 N–H and O–H groups in total. The van der Waals surface area contributed by atoms with Gasteiger partial charge in [-0.25, -0.2) is 4.98 Å². The van der Waals surface area contributed by atoms with Gasteiger partial charge in [-0.2, -0.15) is 0 Å². The highest BCUT2D eigenvalue weighted by molar-refractivity contribution is 5.93. The van der Waals surface area contributed by atoms with Crippen LogP contribution in [0.2, 0.25) is 0 Å². The molecule has 1 heterocycles. The van der Waals surface area contributed by atoms with Crippen LogP contribution >= 0.6 is 0 Å². The Bertz CT molecular complexity index is 1120. The van der Waals surface area contributed by atoms with E-state index >= 15 is 0 Å². The van der Waals surface area contributed by atoms with E-state index in [-0.39, 0.29) is 12.5 Å². The molecular weight excluding hydrogens is 362 g/mol. The van der Waals surface area contributed by atoms with Gasteiger partial charge in [-0.1, -0.05) is 48.0 Å². The number of aromatic nitrogens is 2. The summed E-state index contributed by atoms with van der Waals surface area (Å²) in [4.78, 5) is 19.3. The summed E-state index contributed by atoms with van der Waals surface area (Å²) in [6, 6.07) is 25.4. The number of carbonyl (C=O) groups is 1. The number of hydrogen-bond donors (Lipinski definition) is 0. The normalized spacial score (nSPS) is 10.8. The van der Waals surface area contributed by atoms with Crippen molar-refractivity contribution in [3.63, 3.8) is 0 Å². The van der Waals surface area contributed by atoms with Crippen molar-refractivity contribution in [2.24, 2.45) is 0 Å². The van der Waals surface area contributed by atoms with Crippen LogP contribution in [0.1, 0.15) is 11.4 Å². The molecule has 0 atom stereocenters. The molecule has 0 aliphatic rings. The summed E-state index contributed by atoms with van der Waals surface area (Å²) in [7, 11) is 1.79. The number of para-hydroxylation sites is 3. The van der Waals surface area contributed by atoms with E-state index < -0.39 is 0 Å². The van der Waals surface area contributed by atoms with Crippen LogP contribution < -0.4 is 9.64 Å². The molecule has 4 rings (SSSR count). The van der Waals surface area contributed by atoms with Gasteiger partial charge in [0.15, 0.2) is 0 Å². The maximum Gasteiger partial charge on any atom is 0.246 e. The van der Waals surface area contributed by atoms with Gasteiger partial charge in [0.1, 0.15) is 24.7 Å². The highest BCUT2D eigenvalue weighted by Gasteiger charge is 2.17. The molecule has 5 heteroatoms. The molecule has 0 bridgehead atoms. The lowest BCUT2D eigenvalue weighted by Gasteiger charge is -2.19. The molecule has 0 aliphatic carbocycles. The van der Waals surface area contributed by atoms with Crippen LogP contribution in [0.25, 0.3) is 11.0 Å². The third-order valence-electron chi connectivity index (χ3n) is 4.93. The quantitative estimate of drug-likeness (QED) is 0.488. The lowest BCUT2D eigenvalue weighted by molar-refractivity contribution is -0.118. The summed E-state index contributed by atoms with van der Waals surface area (Å²) < 4.78 is 7.87. The number of aryl methyl sites for hydroxylation is 1. The lowest BCUT2D eigenvalue weighted by Crippen LogP contribution is -2.30. The molecule has 0 saturated heterocycles. The smallest absolute Gasteiger partial charge is 0.246 e. The minimum absolute atomic E-state index is 0.0176. The van der Waals surface area contributed by atoms with E-state index in [0.29, 0.717) is 6.61 Å². The Hall–Kier alpha value is -3.60. The summed E-state index contributed by atoms with van der Waals surface area (Å²) in [5.74, 6) is 1.49. The maximum absolute atomic E-state index is 13.0. The van der Waals surface area contributed by atoms with Gasteiger partial charge in [-0.3, -0.25) is 4.79 Å². The van der Waals surface area contributed by atoms with Crippen molar-refractivity contribution in [3.05, 3.63) is 90.3 Å². The Morgan fingerprint density at radius 2 is 1.66 bits per heavy atom. The Morgan fingerprint density at radius 3 is 2.41 bits per heavy atom. The summed E-state index contributed by atoms with van der Waals surface area (Å²) in [6.45, 7) is 2.52. The van der Waals surface area contributed by atoms with Gasteiger partial charge in [0.05, 0.1) is 11.0 Å². The second-order valence-corrected chi connectivity index (χ2v) is 6.99. The second-order valence-electron chi connectivity index (χ2n) is 6.99. The Kier molecular flexibility index (Phi) is 5.29. The Labute approximate surface area is 170 Å². The fraction of sp³-hybridized carbons (Fsp3) is 0.167. The third-order valence-corrected chi connectivity index (χ3v) is 4.93. The number of benzene rings is 3. The van der Waals surface area contributed by atoms with Gasteiger partial charge in [0, 0.05) is 12.7 Å². The molecule has 3 aromatic carbocycles. The molecular formula is C24H23N3O2. The minimum Gasteiger partial charge on any atom is -0.486 e. The van der Waals surface area contributed by atoms with Gasteiger partial charge in [0.2, 0.25) is 5.91 Å². The average molecular weight is 385 g/mol. The monoisotopic (exact) mass is 385 g/mol. The summed E-state index contributed by atoms with van der Waals surface area (Å²) in [5, 5.41) is 0. The van der Waals surface area contributed by atoms with Crippen molar-refractivity contribution in [2.75, 3.05) is 11.9 Å². The van der Waals surface area contributed by atoms with Crippen LogP contribution in [0.4, 0.5) is 5.69 Å². The first-order chi connectivity index (χ1) is 14.1. The van der Waals surface area contributed by atoms with Crippen LogP contribution in [0.15, 0.2) is 78.9 Å². The topological polar surface area (TPSA) is 47.4 Å². The van der Waals surface area contributed by atoms with Crippen molar-refractivity contribution < 1.29 is 9.53 Å². The molecule has 1 aromatic heterocycles. The lowest BCUT2D eigenvalue weighted by atomic mass is 10.2. The largest absolute Gasteiger partial charge is 0.486 e. The molecule has 0 fully saturated rings. The first kappa shape index (κ1) is 18.7. The fourth-order valence-corrected chi connectivity index (χ4v) is 3.23. The van der Waals surface area contributed by atoms with Gasteiger partial charge >= 0.3 is 0 Å². The SMILES string of the molecule is Cc1ccc(OCc2nc3ccccc3n2CC(=O)N(C)c2ccccc2)cc1. The van der Waals surface area contributed by atoms with Crippen LogP contribution in [-0.2, 0) is 17.9 Å². The Balaban J connectivity index is 1.59. The zero-order valence-electron chi connectivity index (χ0n) is 16.6. The molecule has 5 nitrogen and oxygen atoms in total. The van der Waals surface area contributed by atoms with E-state index in [1.54, 1.807) is 11.9 Å². The van der Waals surface area contributed by atoms with Crippen molar-refractivity contribution in [3.8, 4) is 5.75 Å². The molecule has 0 radical (unpaired) electrons. The predicted octanol–water partition coefficient (Wildman–Crippen LogP) is 4.59. The summed E-state index contributed by atoms with van der Waals surface area (Å²) >= 11 is 0. The predicted molar refractivity (Wildman–Crippen MR) is 115 cm³/mol. The molecule has 1 amide bonds. The number of fused-ring (bicyclic) bond motifs is 1. The molecule has 0 saturated carbocycles. The van der Waals surface area contributed by atoms with Crippen LogP contribution in [0, 0.1) is 6.92 Å². The van der Waals surface area contributed by atoms with Gasteiger partial charge in [-0.15, -0.1) is 0 Å². The highest BCUT2D eigenvalue weighted by atomic mass is 16.5. The number of nitrogens with zero attached hydrogens (tertiary/aromatic N) is 3. The Morgan fingerprint density at radius 1 is 0.966 bits per heavy atom. The van der Waals surface area contributed by atoms with Gasteiger partial charge < -0.3 is 14.2 Å². The van der Waals surface area contributed by atoms with Crippen LogP contribution in [0.3, 0.4) is 0 Å². The third kappa shape index (κ3) is 4.14. The number of carbonyl (C=O) groups excluding carboxylic acids is 1. The molecule has 0 spiro atoms. The van der Waals surface area contributed by atoms with Gasteiger partial charge in [0.25, 0.3) is 0 Å². The highest BCUT2D eigenvalue weighted by Crippen LogP contribution is 2.20. The minimum atomic E-state index is -0.0176. The van der Waals surface area contributed by atoms with E-state index in [9.17, 15) is 4.79 Å². The summed E-state index contributed by atoms with van der Waals surface area (Å²) in [5.41, 5.74) is 3.81. The fourth-order valence-electron chi connectivity index (χ4n) is 3.23. The number of anilines is 1. The molecule has 0 unspecified atom stereocenters. The van der Waals surface area contributed by atoms with E-state index in [1.165, 1.54) is 5.56 Å². The first-order valence-electron chi connectivity index (χ1n) is 9.57. The standard InChI is InChI=1S/C24H23N3O2/c1-18-12-14-20(15-13-18)29-17-23-25-21-10-6-7-11-22(21)27(23)16-24(28)26(2)19-8-4-3-5-9-19/h3-15H,16-17H2,1-2H3. The molecule has 4 aromatic rings. The van der Waals surface area contributed by atoms with E-state index in [2.05, 4.69) is 0 Å². The van der Waals surface area contributed by atoms with E-state index in [4.69, 9.17) is 9.72 Å². The van der Waals surface area contributed by atoms with Crippen LogP contribution in [0.5, 0.6) is 5.75 Å². The average Bonchev–Trinajstić information content (AvgIpc) is 3.11. The maximum atomic E-state index is 13.0. The number of hydrogen-bond acceptors (Lipinski definition) is 3. The molecule has 0 aliphatic heterocycles. The van der Waals surface area contributed by atoms with Crippen molar-refractivity contribution in [2.45, 2.75) is 20.1 Å². The summed E-state index contributed by atoms with van der Waals surface area (Å²) in [6.07, 6.45) is 0. The number of imidazole rings is 1.